The standard InChI is InChI=1S/C25H33N5O/c1-26-25(29-22-14-15-30(18-22)23-12-3-2-4-13-23)27-17-19-8-7-11-21(16-19)28-24(31)20-9-5-6-10-20/h2-4,7-8,11-13,16,20,22H,5-6,9-10,14-15,17-18H2,1H3,(H,28,31)(H2,26,27,29). The molecule has 1 atom stereocenters. The Morgan fingerprint density at radius 1 is 1.06 bits per heavy atom. The van der Waals surface area contributed by atoms with Crippen LogP contribution in [-0.2, 0) is 11.3 Å². The van der Waals surface area contributed by atoms with Crippen LogP contribution in [0.25, 0.3) is 0 Å². The van der Waals surface area contributed by atoms with Gasteiger partial charge in [-0.2, -0.15) is 0 Å². The van der Waals surface area contributed by atoms with Crippen LogP contribution in [0, 0.1) is 5.92 Å². The molecule has 1 heterocycles. The molecule has 1 aliphatic carbocycles. The summed E-state index contributed by atoms with van der Waals surface area (Å²) in [7, 11) is 1.80. The molecule has 3 N–H and O–H groups in total. The van der Waals surface area contributed by atoms with Gasteiger partial charge in [0.25, 0.3) is 0 Å². The first-order valence-electron chi connectivity index (χ1n) is 11.4. The van der Waals surface area contributed by atoms with E-state index in [1.165, 1.54) is 5.69 Å². The maximum Gasteiger partial charge on any atom is 0.227 e. The van der Waals surface area contributed by atoms with Crippen molar-refractivity contribution in [3.8, 4) is 0 Å². The fourth-order valence-corrected chi connectivity index (χ4v) is 4.52. The molecule has 1 saturated carbocycles. The smallest absolute Gasteiger partial charge is 0.227 e. The lowest BCUT2D eigenvalue weighted by Crippen LogP contribution is -2.44. The molecule has 1 unspecified atom stereocenters. The minimum Gasteiger partial charge on any atom is -0.369 e. The highest BCUT2D eigenvalue weighted by molar-refractivity contribution is 5.92. The number of para-hydroxylation sites is 1. The molecule has 0 bridgehead atoms. The van der Waals surface area contributed by atoms with Crippen molar-refractivity contribution in [1.29, 1.82) is 0 Å². The Kier molecular flexibility index (Phi) is 7.07. The number of benzene rings is 2. The van der Waals surface area contributed by atoms with Crippen LogP contribution in [0.3, 0.4) is 0 Å². The average molecular weight is 420 g/mol. The van der Waals surface area contributed by atoms with Gasteiger partial charge >= 0.3 is 0 Å². The number of carbonyl (C=O) groups excluding carboxylic acids is 1. The predicted octanol–water partition coefficient (Wildman–Crippen LogP) is 3.76. The second-order valence-corrected chi connectivity index (χ2v) is 8.51. The van der Waals surface area contributed by atoms with E-state index in [2.05, 4.69) is 62.2 Å². The summed E-state index contributed by atoms with van der Waals surface area (Å²) in [5.74, 6) is 1.14. The highest BCUT2D eigenvalue weighted by Gasteiger charge is 2.24. The van der Waals surface area contributed by atoms with E-state index >= 15 is 0 Å². The lowest BCUT2D eigenvalue weighted by molar-refractivity contribution is -0.119. The van der Waals surface area contributed by atoms with Crippen LogP contribution in [0.15, 0.2) is 59.6 Å². The Morgan fingerprint density at radius 2 is 1.87 bits per heavy atom. The van der Waals surface area contributed by atoms with E-state index in [0.29, 0.717) is 12.6 Å². The lowest BCUT2D eigenvalue weighted by Gasteiger charge is -2.20. The van der Waals surface area contributed by atoms with E-state index in [-0.39, 0.29) is 11.8 Å². The van der Waals surface area contributed by atoms with Gasteiger partial charge in [0.1, 0.15) is 0 Å². The molecule has 31 heavy (non-hydrogen) atoms. The summed E-state index contributed by atoms with van der Waals surface area (Å²) in [6.07, 6.45) is 5.44. The first-order chi connectivity index (χ1) is 15.2. The molecule has 2 aromatic carbocycles. The third-order valence-electron chi connectivity index (χ3n) is 6.25. The van der Waals surface area contributed by atoms with Crippen LogP contribution in [-0.4, -0.2) is 38.0 Å². The Balaban J connectivity index is 1.26. The molecule has 6 heteroatoms. The zero-order valence-corrected chi connectivity index (χ0v) is 18.3. The van der Waals surface area contributed by atoms with E-state index in [1.54, 1.807) is 7.05 Å². The summed E-state index contributed by atoms with van der Waals surface area (Å²) < 4.78 is 0. The van der Waals surface area contributed by atoms with Gasteiger partial charge in [0.2, 0.25) is 5.91 Å². The van der Waals surface area contributed by atoms with Crippen LogP contribution >= 0.6 is 0 Å². The van der Waals surface area contributed by atoms with Crippen molar-refractivity contribution in [1.82, 2.24) is 10.6 Å². The largest absolute Gasteiger partial charge is 0.369 e. The van der Waals surface area contributed by atoms with Gasteiger partial charge in [0, 0.05) is 50.0 Å². The van der Waals surface area contributed by atoms with Gasteiger partial charge < -0.3 is 20.9 Å². The normalized spacial score (nSPS) is 19.5. The minimum atomic E-state index is 0.157. The van der Waals surface area contributed by atoms with Gasteiger partial charge in [-0.1, -0.05) is 43.2 Å². The number of amides is 1. The maximum atomic E-state index is 12.4. The Morgan fingerprint density at radius 3 is 2.65 bits per heavy atom. The summed E-state index contributed by atoms with van der Waals surface area (Å²) >= 11 is 0. The summed E-state index contributed by atoms with van der Waals surface area (Å²) in [6.45, 7) is 2.66. The lowest BCUT2D eigenvalue weighted by atomic mass is 10.1. The van der Waals surface area contributed by atoms with Crippen molar-refractivity contribution in [2.24, 2.45) is 10.9 Å². The van der Waals surface area contributed by atoms with Crippen molar-refractivity contribution in [3.63, 3.8) is 0 Å². The second-order valence-electron chi connectivity index (χ2n) is 8.51. The van der Waals surface area contributed by atoms with Crippen LogP contribution in [0.4, 0.5) is 11.4 Å². The summed E-state index contributed by atoms with van der Waals surface area (Å²) in [4.78, 5) is 19.2. The van der Waals surface area contributed by atoms with E-state index in [9.17, 15) is 4.79 Å². The quantitative estimate of drug-likeness (QED) is 0.493. The molecule has 6 nitrogen and oxygen atoms in total. The van der Waals surface area contributed by atoms with Gasteiger partial charge in [-0.25, -0.2) is 0 Å². The molecule has 1 amide bonds. The number of nitrogens with zero attached hydrogens (tertiary/aromatic N) is 2. The van der Waals surface area contributed by atoms with E-state index in [4.69, 9.17) is 0 Å². The molecule has 164 valence electrons. The van der Waals surface area contributed by atoms with Gasteiger partial charge in [-0.05, 0) is 49.1 Å². The molecule has 1 saturated heterocycles. The number of rotatable bonds is 6. The maximum absolute atomic E-state index is 12.4. The van der Waals surface area contributed by atoms with Gasteiger partial charge in [0.05, 0.1) is 0 Å². The summed E-state index contributed by atoms with van der Waals surface area (Å²) in [5, 5.41) is 10.0. The van der Waals surface area contributed by atoms with E-state index in [0.717, 1.165) is 62.4 Å². The first-order valence-corrected chi connectivity index (χ1v) is 11.4. The number of aliphatic imine (C=N–C) groups is 1. The number of hydrogen-bond acceptors (Lipinski definition) is 3. The van der Waals surface area contributed by atoms with Crippen molar-refractivity contribution >= 4 is 23.2 Å². The van der Waals surface area contributed by atoms with Crippen molar-refractivity contribution < 1.29 is 4.79 Å². The Hall–Kier alpha value is -3.02. The fraction of sp³-hybridized carbons (Fsp3) is 0.440. The zero-order chi connectivity index (χ0) is 21.5. The van der Waals surface area contributed by atoms with Crippen LogP contribution < -0.4 is 20.9 Å². The first kappa shape index (κ1) is 21.2. The molecular weight excluding hydrogens is 386 g/mol. The molecular formula is C25H33N5O. The number of carbonyl (C=O) groups is 1. The summed E-state index contributed by atoms with van der Waals surface area (Å²) in [5.41, 5.74) is 3.25. The molecule has 2 aliphatic rings. The highest BCUT2D eigenvalue weighted by Crippen LogP contribution is 2.26. The summed E-state index contributed by atoms with van der Waals surface area (Å²) in [6, 6.07) is 19.0. The number of nitrogens with one attached hydrogen (secondary N) is 3. The fourth-order valence-electron chi connectivity index (χ4n) is 4.52. The Bertz CT molecular complexity index is 892. The Labute approximate surface area is 185 Å². The molecule has 0 radical (unpaired) electrons. The van der Waals surface area contributed by atoms with Gasteiger partial charge in [0.15, 0.2) is 5.96 Å². The molecule has 4 rings (SSSR count). The van der Waals surface area contributed by atoms with Gasteiger partial charge in [-0.3, -0.25) is 9.79 Å². The third kappa shape index (κ3) is 5.78. The molecule has 1 aliphatic heterocycles. The minimum absolute atomic E-state index is 0.157. The third-order valence-corrected chi connectivity index (χ3v) is 6.25. The SMILES string of the molecule is CN=C(NCc1cccc(NC(=O)C2CCCC2)c1)NC1CCN(c2ccccc2)C1. The van der Waals surface area contributed by atoms with Crippen LogP contribution in [0.5, 0.6) is 0 Å². The number of guanidine groups is 1. The van der Waals surface area contributed by atoms with Crippen LogP contribution in [0.1, 0.15) is 37.7 Å². The van der Waals surface area contributed by atoms with E-state index < -0.39 is 0 Å². The monoisotopic (exact) mass is 419 g/mol. The number of anilines is 2. The van der Waals surface area contributed by atoms with Crippen LogP contribution in [0.2, 0.25) is 0 Å². The van der Waals surface area contributed by atoms with E-state index in [1.807, 2.05) is 18.2 Å². The van der Waals surface area contributed by atoms with Gasteiger partial charge in [-0.15, -0.1) is 0 Å². The second kappa shape index (κ2) is 10.3. The molecule has 2 fully saturated rings. The average Bonchev–Trinajstić information content (AvgIpc) is 3.50. The molecule has 0 spiro atoms. The number of hydrogen-bond donors (Lipinski definition) is 3. The van der Waals surface area contributed by atoms with Crippen molar-refractivity contribution in [2.75, 3.05) is 30.4 Å². The zero-order valence-electron chi connectivity index (χ0n) is 18.3. The highest BCUT2D eigenvalue weighted by atomic mass is 16.1. The molecule has 0 aromatic heterocycles. The topological polar surface area (TPSA) is 68.8 Å². The van der Waals surface area contributed by atoms with Crippen molar-refractivity contribution in [3.05, 3.63) is 60.2 Å². The molecule has 2 aromatic rings. The predicted molar refractivity (Wildman–Crippen MR) is 127 cm³/mol. The van der Waals surface area contributed by atoms with Crippen molar-refractivity contribution in [2.45, 2.75) is 44.7 Å².